The highest BCUT2D eigenvalue weighted by molar-refractivity contribution is 5.89. The number of nitrogen functional groups attached to an aromatic ring is 1. The van der Waals surface area contributed by atoms with Crippen molar-refractivity contribution in [3.63, 3.8) is 0 Å². The number of hydrogen-bond donors (Lipinski definition) is 1. The quantitative estimate of drug-likeness (QED) is 0.870. The third kappa shape index (κ3) is 3.20. The van der Waals surface area contributed by atoms with Crippen LogP contribution in [0.3, 0.4) is 0 Å². The summed E-state index contributed by atoms with van der Waals surface area (Å²) in [6.45, 7) is 4.56. The summed E-state index contributed by atoms with van der Waals surface area (Å²) < 4.78 is 6.96. The van der Waals surface area contributed by atoms with Gasteiger partial charge in [-0.05, 0) is 23.1 Å². The van der Waals surface area contributed by atoms with Gasteiger partial charge in [0.1, 0.15) is 12.3 Å². The van der Waals surface area contributed by atoms with E-state index in [0.717, 1.165) is 5.56 Å². The normalized spacial score (nSPS) is 10.8. The molecule has 0 saturated carbocycles. The number of nitrogens with two attached hydrogens (primary N) is 1. The van der Waals surface area contributed by atoms with Gasteiger partial charge in [0.25, 0.3) is 0 Å². The second-order valence-corrected chi connectivity index (χ2v) is 5.24. The molecule has 106 valence electrons. The highest BCUT2D eigenvalue weighted by Crippen LogP contribution is 2.16. The Hall–Kier alpha value is -2.23. The fraction of sp³-hybridized carbons (Fsp3) is 0.312. The topological polar surface area (TPSA) is 57.2 Å². The molecule has 4 nitrogen and oxygen atoms in total. The highest BCUT2D eigenvalue weighted by atomic mass is 16.5. The molecule has 2 N–H and O–H groups in total. The van der Waals surface area contributed by atoms with Gasteiger partial charge in [0.05, 0.1) is 5.69 Å². The Morgan fingerprint density at radius 2 is 1.95 bits per heavy atom. The number of ether oxygens (including phenoxy) is 1. The maximum Gasteiger partial charge on any atom is 0.355 e. The van der Waals surface area contributed by atoms with Crippen LogP contribution in [0.1, 0.15) is 41.4 Å². The van der Waals surface area contributed by atoms with E-state index in [0.29, 0.717) is 17.3 Å². The average molecular weight is 272 g/mol. The van der Waals surface area contributed by atoms with Gasteiger partial charge < -0.3 is 15.0 Å². The second kappa shape index (κ2) is 5.82. The average Bonchev–Trinajstić information content (AvgIpc) is 2.75. The molecule has 1 aromatic carbocycles. The van der Waals surface area contributed by atoms with Gasteiger partial charge in [-0.25, -0.2) is 4.79 Å². The lowest BCUT2D eigenvalue weighted by molar-refractivity contribution is 0.0461. The number of benzene rings is 1. The molecule has 0 saturated heterocycles. The zero-order valence-corrected chi connectivity index (χ0v) is 12.1. The molecule has 0 spiro atoms. The Morgan fingerprint density at radius 1 is 1.30 bits per heavy atom. The third-order valence-corrected chi connectivity index (χ3v) is 3.25. The molecule has 0 aliphatic heterocycles. The minimum Gasteiger partial charge on any atom is -0.456 e. The molecule has 0 unspecified atom stereocenters. The molecule has 1 aromatic heterocycles. The number of hydrogen-bond acceptors (Lipinski definition) is 3. The van der Waals surface area contributed by atoms with Gasteiger partial charge in [0, 0.05) is 13.2 Å². The van der Waals surface area contributed by atoms with Crippen molar-refractivity contribution in [3.8, 4) is 0 Å². The van der Waals surface area contributed by atoms with Crippen LogP contribution < -0.4 is 5.73 Å². The van der Waals surface area contributed by atoms with E-state index in [-0.39, 0.29) is 12.6 Å². The predicted molar refractivity (Wildman–Crippen MR) is 79.5 cm³/mol. The molecular formula is C16H20N2O2. The molecule has 2 rings (SSSR count). The van der Waals surface area contributed by atoms with Crippen LogP contribution in [0.25, 0.3) is 0 Å². The van der Waals surface area contributed by atoms with Gasteiger partial charge >= 0.3 is 5.97 Å². The van der Waals surface area contributed by atoms with Gasteiger partial charge in [-0.15, -0.1) is 0 Å². The van der Waals surface area contributed by atoms with Gasteiger partial charge in [-0.1, -0.05) is 38.1 Å². The van der Waals surface area contributed by atoms with Gasteiger partial charge in [0.2, 0.25) is 0 Å². The smallest absolute Gasteiger partial charge is 0.355 e. The molecule has 0 radical (unpaired) electrons. The largest absolute Gasteiger partial charge is 0.456 e. The molecule has 0 amide bonds. The van der Waals surface area contributed by atoms with Crippen LogP contribution in [0.4, 0.5) is 5.69 Å². The highest BCUT2D eigenvalue weighted by Gasteiger charge is 2.12. The van der Waals surface area contributed by atoms with E-state index < -0.39 is 0 Å². The van der Waals surface area contributed by atoms with Crippen LogP contribution >= 0.6 is 0 Å². The number of nitrogens with zero attached hydrogens (tertiary/aromatic N) is 1. The first kappa shape index (κ1) is 14.2. The summed E-state index contributed by atoms with van der Waals surface area (Å²) in [7, 11) is 1.77. The van der Waals surface area contributed by atoms with Crippen molar-refractivity contribution in [2.24, 2.45) is 7.05 Å². The Labute approximate surface area is 119 Å². The first-order valence-electron chi connectivity index (χ1n) is 6.65. The van der Waals surface area contributed by atoms with Gasteiger partial charge in [-0.2, -0.15) is 0 Å². The van der Waals surface area contributed by atoms with E-state index in [2.05, 4.69) is 26.0 Å². The van der Waals surface area contributed by atoms with Crippen molar-refractivity contribution in [2.75, 3.05) is 5.73 Å². The number of carbonyl (C=O) groups is 1. The number of carbonyl (C=O) groups excluding carboxylic acids is 1. The van der Waals surface area contributed by atoms with E-state index in [1.54, 1.807) is 23.9 Å². The molecule has 20 heavy (non-hydrogen) atoms. The van der Waals surface area contributed by atoms with Crippen molar-refractivity contribution in [1.82, 2.24) is 4.57 Å². The number of anilines is 1. The van der Waals surface area contributed by atoms with Crippen LogP contribution in [0.5, 0.6) is 0 Å². The zero-order chi connectivity index (χ0) is 14.7. The van der Waals surface area contributed by atoms with Crippen molar-refractivity contribution >= 4 is 11.7 Å². The molecule has 0 aliphatic carbocycles. The van der Waals surface area contributed by atoms with E-state index in [4.69, 9.17) is 10.5 Å². The van der Waals surface area contributed by atoms with E-state index in [1.165, 1.54) is 5.56 Å². The summed E-state index contributed by atoms with van der Waals surface area (Å²) in [5.41, 5.74) is 8.91. The van der Waals surface area contributed by atoms with Crippen LogP contribution in [-0.2, 0) is 18.4 Å². The molecule has 0 fully saturated rings. The predicted octanol–water partition coefficient (Wildman–Crippen LogP) is 3.09. The fourth-order valence-corrected chi connectivity index (χ4v) is 2.01. The summed E-state index contributed by atoms with van der Waals surface area (Å²) in [6, 6.07) is 9.72. The van der Waals surface area contributed by atoms with Gasteiger partial charge in [-0.3, -0.25) is 0 Å². The molecule has 0 aliphatic rings. The van der Waals surface area contributed by atoms with Crippen LogP contribution in [-0.4, -0.2) is 10.5 Å². The van der Waals surface area contributed by atoms with Crippen LogP contribution in [0.2, 0.25) is 0 Å². The molecular weight excluding hydrogens is 252 g/mol. The van der Waals surface area contributed by atoms with Crippen molar-refractivity contribution in [2.45, 2.75) is 26.4 Å². The lowest BCUT2D eigenvalue weighted by atomic mass is 10.0. The molecule has 1 heterocycles. The number of aryl methyl sites for hydroxylation is 1. The second-order valence-electron chi connectivity index (χ2n) is 5.24. The first-order chi connectivity index (χ1) is 9.47. The van der Waals surface area contributed by atoms with Crippen LogP contribution in [0, 0.1) is 0 Å². The van der Waals surface area contributed by atoms with E-state index in [9.17, 15) is 4.79 Å². The Balaban J connectivity index is 1.98. The minimum absolute atomic E-state index is 0.266. The zero-order valence-electron chi connectivity index (χ0n) is 12.1. The summed E-state index contributed by atoms with van der Waals surface area (Å²) >= 11 is 0. The molecule has 4 heteroatoms. The Bertz CT molecular complexity index is 597. The maximum absolute atomic E-state index is 11.9. The molecule has 2 aromatic rings. The van der Waals surface area contributed by atoms with E-state index >= 15 is 0 Å². The maximum atomic E-state index is 11.9. The molecule has 0 bridgehead atoms. The first-order valence-corrected chi connectivity index (χ1v) is 6.65. The van der Waals surface area contributed by atoms with Crippen molar-refractivity contribution < 1.29 is 9.53 Å². The monoisotopic (exact) mass is 272 g/mol. The summed E-state index contributed by atoms with van der Waals surface area (Å²) in [5.74, 6) is 0.134. The number of rotatable bonds is 4. The fourth-order valence-electron chi connectivity index (χ4n) is 2.01. The van der Waals surface area contributed by atoms with E-state index in [1.807, 2.05) is 12.1 Å². The summed E-state index contributed by atoms with van der Waals surface area (Å²) in [6.07, 6.45) is 1.69. The lowest BCUT2D eigenvalue weighted by Crippen LogP contribution is -2.09. The SMILES string of the molecule is CC(C)c1ccc(COC(=O)c2cc(N)cn2C)cc1. The lowest BCUT2D eigenvalue weighted by Gasteiger charge is -2.08. The minimum atomic E-state index is -0.364. The van der Waals surface area contributed by atoms with Crippen molar-refractivity contribution in [3.05, 3.63) is 53.3 Å². The van der Waals surface area contributed by atoms with Crippen molar-refractivity contribution in [1.29, 1.82) is 0 Å². The Kier molecular flexibility index (Phi) is 4.13. The summed E-state index contributed by atoms with van der Waals surface area (Å²) in [4.78, 5) is 11.9. The van der Waals surface area contributed by atoms with Gasteiger partial charge in [0.15, 0.2) is 0 Å². The number of aromatic nitrogens is 1. The molecule has 0 atom stereocenters. The number of esters is 1. The summed E-state index contributed by atoms with van der Waals surface area (Å²) in [5, 5.41) is 0. The Morgan fingerprint density at radius 3 is 2.45 bits per heavy atom. The van der Waals surface area contributed by atoms with Crippen LogP contribution in [0.15, 0.2) is 36.5 Å². The third-order valence-electron chi connectivity index (χ3n) is 3.25. The standard InChI is InChI=1S/C16H20N2O2/c1-11(2)13-6-4-12(5-7-13)10-20-16(19)15-8-14(17)9-18(15)3/h4-9,11H,10,17H2,1-3H3.